The molecule has 1 atom stereocenters. The average molecular weight is 300 g/mol. The van der Waals surface area contributed by atoms with Gasteiger partial charge in [-0.15, -0.1) is 0 Å². The molecule has 0 saturated carbocycles. The third-order valence-corrected chi connectivity index (χ3v) is 4.55. The van der Waals surface area contributed by atoms with Gasteiger partial charge in [-0.2, -0.15) is 5.06 Å². The van der Waals surface area contributed by atoms with E-state index >= 15 is 0 Å². The van der Waals surface area contributed by atoms with Crippen LogP contribution in [-0.2, 0) is 17.0 Å². The summed E-state index contributed by atoms with van der Waals surface area (Å²) in [7, 11) is 2.06. The first-order chi connectivity index (χ1) is 10.1. The largest absolute Gasteiger partial charge is 0.337 e. The van der Waals surface area contributed by atoms with Crippen molar-refractivity contribution in [3.63, 3.8) is 0 Å². The van der Waals surface area contributed by atoms with Crippen LogP contribution in [0.25, 0.3) is 10.9 Å². The molecule has 0 radical (unpaired) electrons. The maximum atomic E-state index is 6.02. The Balaban J connectivity index is 2.39. The van der Waals surface area contributed by atoms with Gasteiger partial charge in [-0.3, -0.25) is 4.84 Å². The van der Waals surface area contributed by atoms with E-state index in [2.05, 4.69) is 77.4 Å². The topological polar surface area (TPSA) is 17.4 Å². The van der Waals surface area contributed by atoms with Gasteiger partial charge >= 0.3 is 0 Å². The summed E-state index contributed by atoms with van der Waals surface area (Å²) in [6, 6.07) is 9.02. The molecule has 0 saturated heterocycles. The Morgan fingerprint density at radius 2 is 1.68 bits per heavy atom. The average Bonchev–Trinajstić information content (AvgIpc) is 2.71. The summed E-state index contributed by atoms with van der Waals surface area (Å²) in [5, 5.41) is 3.41. The first kappa shape index (κ1) is 15.6. The fourth-order valence-electron chi connectivity index (χ4n) is 3.93. The van der Waals surface area contributed by atoms with Gasteiger partial charge in [0.25, 0.3) is 0 Å². The molecule has 3 nitrogen and oxygen atoms in total. The van der Waals surface area contributed by atoms with Crippen molar-refractivity contribution in [3.05, 3.63) is 35.5 Å². The summed E-state index contributed by atoms with van der Waals surface area (Å²) in [6.07, 6.45) is 0. The van der Waals surface area contributed by atoms with Crippen LogP contribution in [0.5, 0.6) is 0 Å². The first-order valence-corrected chi connectivity index (χ1v) is 8.11. The molecule has 0 fully saturated rings. The van der Waals surface area contributed by atoms with Crippen molar-refractivity contribution in [1.82, 2.24) is 9.63 Å². The number of nitrogens with zero attached hydrogens (tertiary/aromatic N) is 2. The molecule has 0 amide bonds. The number of aromatic nitrogens is 1. The molecule has 0 aliphatic carbocycles. The van der Waals surface area contributed by atoms with Gasteiger partial charge in [-0.05, 0) is 32.3 Å². The quantitative estimate of drug-likeness (QED) is 0.691. The van der Waals surface area contributed by atoms with Crippen molar-refractivity contribution in [2.75, 3.05) is 7.05 Å². The minimum Gasteiger partial charge on any atom is -0.337 e. The number of hydroxylamine groups is 2. The van der Waals surface area contributed by atoms with Gasteiger partial charge in [-0.1, -0.05) is 39.0 Å². The second kappa shape index (κ2) is 4.84. The van der Waals surface area contributed by atoms with E-state index < -0.39 is 0 Å². The maximum absolute atomic E-state index is 6.02. The summed E-state index contributed by atoms with van der Waals surface area (Å²) in [6.45, 7) is 14.3. The van der Waals surface area contributed by atoms with E-state index in [4.69, 9.17) is 4.84 Å². The van der Waals surface area contributed by atoms with Gasteiger partial charge in [-0.25, -0.2) is 0 Å². The van der Waals surface area contributed by atoms with E-state index in [0.717, 1.165) is 0 Å². The van der Waals surface area contributed by atoms with Crippen LogP contribution in [0, 0.1) is 5.41 Å². The highest BCUT2D eigenvalue weighted by molar-refractivity contribution is 5.86. The molecule has 1 aliphatic rings. The van der Waals surface area contributed by atoms with Gasteiger partial charge in [0.05, 0.1) is 11.7 Å². The molecule has 0 spiro atoms. The lowest BCUT2D eigenvalue weighted by atomic mass is 9.80. The fraction of sp³-hybridized carbons (Fsp3) is 0.579. The molecular formula is C19H28N2O. The highest BCUT2D eigenvalue weighted by Crippen LogP contribution is 2.47. The summed E-state index contributed by atoms with van der Waals surface area (Å²) < 4.78 is 2.46. The van der Waals surface area contributed by atoms with Crippen molar-refractivity contribution in [2.45, 2.75) is 59.7 Å². The molecule has 1 aromatic heterocycles. The van der Waals surface area contributed by atoms with Crippen molar-refractivity contribution >= 4 is 10.9 Å². The number of rotatable bonds is 0. The van der Waals surface area contributed by atoms with Crippen LogP contribution in [0.2, 0.25) is 0 Å². The smallest absolute Gasteiger partial charge is 0.109 e. The molecule has 120 valence electrons. The Hall–Kier alpha value is -1.32. The molecule has 2 heterocycles. The number of fused-ring (bicyclic) bond motifs is 3. The van der Waals surface area contributed by atoms with E-state index in [1.807, 2.05) is 5.06 Å². The Morgan fingerprint density at radius 1 is 1.05 bits per heavy atom. The van der Waals surface area contributed by atoms with Crippen molar-refractivity contribution in [3.8, 4) is 0 Å². The van der Waals surface area contributed by atoms with E-state index in [1.165, 1.54) is 22.2 Å². The van der Waals surface area contributed by atoms with Crippen LogP contribution in [0.15, 0.2) is 24.3 Å². The molecule has 3 heteroatoms. The number of benzene rings is 1. The summed E-state index contributed by atoms with van der Waals surface area (Å²) >= 11 is 0. The zero-order valence-corrected chi connectivity index (χ0v) is 14.9. The Labute approximate surface area is 133 Å². The second-order valence-corrected chi connectivity index (χ2v) is 8.47. The standard InChI is InChI=1S/C19H28N2O/c1-18(2,3)17-16-13-10-8-9-11-14(13)21(19(4,5)6)15(16)12-22-20(17)7/h8-11,17H,12H2,1-7H3. The summed E-state index contributed by atoms with van der Waals surface area (Å²) in [4.78, 5) is 6.02. The van der Waals surface area contributed by atoms with Crippen LogP contribution >= 0.6 is 0 Å². The highest BCUT2D eigenvalue weighted by Gasteiger charge is 2.40. The molecule has 3 rings (SSSR count). The minimum atomic E-state index is 0.0366. The maximum Gasteiger partial charge on any atom is 0.109 e. The Morgan fingerprint density at radius 3 is 2.27 bits per heavy atom. The predicted molar refractivity (Wildman–Crippen MR) is 91.7 cm³/mol. The SMILES string of the molecule is CN1OCc2c(c3ccccc3n2C(C)(C)C)C1C(C)(C)C. The third-order valence-electron chi connectivity index (χ3n) is 4.55. The lowest BCUT2D eigenvalue weighted by Crippen LogP contribution is -2.39. The summed E-state index contributed by atoms with van der Waals surface area (Å²) in [5.41, 5.74) is 4.22. The normalized spacial score (nSPS) is 20.4. The lowest BCUT2D eigenvalue weighted by Gasteiger charge is -2.41. The zero-order valence-electron chi connectivity index (χ0n) is 14.9. The molecule has 0 N–H and O–H groups in total. The van der Waals surface area contributed by atoms with Crippen LogP contribution in [0.3, 0.4) is 0 Å². The molecule has 1 unspecified atom stereocenters. The Bertz CT molecular complexity index is 701. The minimum absolute atomic E-state index is 0.0366. The van der Waals surface area contributed by atoms with Crippen molar-refractivity contribution in [2.24, 2.45) is 5.41 Å². The van der Waals surface area contributed by atoms with Gasteiger partial charge in [0.2, 0.25) is 0 Å². The van der Waals surface area contributed by atoms with E-state index in [0.29, 0.717) is 6.61 Å². The molecule has 2 aromatic rings. The molecule has 1 aromatic carbocycles. The number of para-hydroxylation sites is 1. The van der Waals surface area contributed by atoms with E-state index in [1.54, 1.807) is 0 Å². The van der Waals surface area contributed by atoms with Gasteiger partial charge in [0.15, 0.2) is 0 Å². The molecule has 1 aliphatic heterocycles. The van der Waals surface area contributed by atoms with Crippen molar-refractivity contribution in [1.29, 1.82) is 0 Å². The predicted octanol–water partition coefficient (Wildman–Crippen LogP) is 4.86. The van der Waals surface area contributed by atoms with Crippen molar-refractivity contribution < 1.29 is 4.84 Å². The van der Waals surface area contributed by atoms with Crippen LogP contribution in [0.4, 0.5) is 0 Å². The third kappa shape index (κ3) is 2.27. The molecular weight excluding hydrogens is 272 g/mol. The van der Waals surface area contributed by atoms with Gasteiger partial charge in [0.1, 0.15) is 6.61 Å². The Kier molecular flexibility index (Phi) is 3.42. The number of hydrogen-bond acceptors (Lipinski definition) is 2. The molecule has 0 bridgehead atoms. The van der Waals surface area contributed by atoms with Gasteiger partial charge < -0.3 is 4.57 Å². The molecule has 22 heavy (non-hydrogen) atoms. The highest BCUT2D eigenvalue weighted by atomic mass is 16.7. The lowest BCUT2D eigenvalue weighted by molar-refractivity contribution is -0.213. The van der Waals surface area contributed by atoms with Crippen LogP contribution in [-0.4, -0.2) is 16.7 Å². The number of hydrogen-bond donors (Lipinski definition) is 0. The van der Waals surface area contributed by atoms with E-state index in [-0.39, 0.29) is 17.0 Å². The monoisotopic (exact) mass is 300 g/mol. The summed E-state index contributed by atoms with van der Waals surface area (Å²) in [5.74, 6) is 0. The first-order valence-electron chi connectivity index (χ1n) is 8.11. The second-order valence-electron chi connectivity index (χ2n) is 8.47. The van der Waals surface area contributed by atoms with Gasteiger partial charge in [0, 0.05) is 29.1 Å². The van der Waals surface area contributed by atoms with E-state index in [9.17, 15) is 0 Å². The fourth-order valence-corrected chi connectivity index (χ4v) is 3.93. The van der Waals surface area contributed by atoms with Crippen LogP contribution < -0.4 is 0 Å². The van der Waals surface area contributed by atoms with Crippen LogP contribution in [0.1, 0.15) is 58.8 Å². The zero-order chi connectivity index (χ0) is 16.3.